The summed E-state index contributed by atoms with van der Waals surface area (Å²) in [6, 6.07) is 0. The molecule has 1 aliphatic carbocycles. The third-order valence-electron chi connectivity index (χ3n) is 4.88. The van der Waals surface area contributed by atoms with E-state index in [1.165, 1.54) is 26.4 Å². The number of unbranched alkanes of at least 4 members (excludes halogenated alkanes) is 3. The van der Waals surface area contributed by atoms with E-state index >= 15 is 0 Å². The molecule has 1 radical (unpaired) electrons. The molecule has 1 rings (SSSR count). The first-order valence-electron chi connectivity index (χ1n) is 10.6. The highest BCUT2D eigenvalue weighted by molar-refractivity contribution is 6.48. The van der Waals surface area contributed by atoms with Crippen LogP contribution in [0.15, 0.2) is 36.5 Å². The number of carbonyl (C=O) groups is 2. The smallest absolute Gasteiger partial charge is 0.305 e. The number of ether oxygens (including phenoxy) is 1. The number of ketones is 1. The molecule has 0 aliphatic heterocycles. The average Bonchev–Trinajstić information content (AvgIpc) is 3.01. The lowest BCUT2D eigenvalue weighted by atomic mass is 9.90. The molecule has 157 valence electrons. The lowest BCUT2D eigenvalue weighted by molar-refractivity contribution is -0.140. The second kappa shape index (κ2) is 14.5. The van der Waals surface area contributed by atoms with Gasteiger partial charge in [-0.15, -0.1) is 0 Å². The van der Waals surface area contributed by atoms with E-state index in [-0.39, 0.29) is 29.7 Å². The van der Waals surface area contributed by atoms with Crippen LogP contribution in [-0.2, 0) is 18.8 Å². The maximum absolute atomic E-state index is 12.2. The van der Waals surface area contributed by atoms with Crippen LogP contribution in [-0.4, -0.2) is 34.0 Å². The van der Waals surface area contributed by atoms with Crippen LogP contribution in [0.3, 0.4) is 0 Å². The Morgan fingerprint density at radius 3 is 2.71 bits per heavy atom. The summed E-state index contributed by atoms with van der Waals surface area (Å²) in [6.45, 7) is 6.54. The summed E-state index contributed by atoms with van der Waals surface area (Å²) in [6.07, 6.45) is 19.8. The summed E-state index contributed by atoms with van der Waals surface area (Å²) in [5, 5.41) is 0. The maximum atomic E-state index is 12.2. The predicted octanol–water partition coefficient (Wildman–Crippen LogP) is 5.42. The zero-order chi connectivity index (χ0) is 20.8. The Balaban J connectivity index is 2.52. The minimum absolute atomic E-state index is 0.0163. The highest BCUT2D eigenvalue weighted by Gasteiger charge is 2.27. The number of hydrogen-bond donors (Lipinski definition) is 0. The SMILES string of the molecule is CCCCCC(/C=C/[C@H]1C=CC(=O)[C@@H]1C/C=C/CCCC(=O)OC)O[Si](C)C. The molecular formula is C23H37O4Si. The molecule has 0 aromatic rings. The van der Waals surface area contributed by atoms with Crippen LogP contribution < -0.4 is 0 Å². The molecule has 0 fully saturated rings. The van der Waals surface area contributed by atoms with Crippen molar-refractivity contribution in [3.05, 3.63) is 36.5 Å². The number of carbonyl (C=O) groups excluding carboxylic acids is 2. The molecule has 4 nitrogen and oxygen atoms in total. The zero-order valence-corrected chi connectivity index (χ0v) is 19.0. The van der Waals surface area contributed by atoms with Crippen LogP contribution >= 0.6 is 0 Å². The van der Waals surface area contributed by atoms with Gasteiger partial charge >= 0.3 is 5.97 Å². The zero-order valence-electron chi connectivity index (χ0n) is 18.0. The van der Waals surface area contributed by atoms with Crippen LogP contribution in [0.2, 0.25) is 13.1 Å². The fourth-order valence-corrected chi connectivity index (χ4v) is 4.10. The van der Waals surface area contributed by atoms with Crippen LogP contribution in [0.1, 0.15) is 58.3 Å². The van der Waals surface area contributed by atoms with Crippen LogP contribution in [0.4, 0.5) is 0 Å². The van der Waals surface area contributed by atoms with Crippen LogP contribution in [0.25, 0.3) is 0 Å². The molecule has 1 unspecified atom stereocenters. The van der Waals surface area contributed by atoms with Crippen molar-refractivity contribution in [3.63, 3.8) is 0 Å². The van der Waals surface area contributed by atoms with Gasteiger partial charge < -0.3 is 9.16 Å². The van der Waals surface area contributed by atoms with Gasteiger partial charge in [0.25, 0.3) is 0 Å². The molecule has 28 heavy (non-hydrogen) atoms. The van der Waals surface area contributed by atoms with E-state index < -0.39 is 9.04 Å². The number of methoxy groups -OCH3 is 1. The number of allylic oxidation sites excluding steroid dienone is 5. The quantitative estimate of drug-likeness (QED) is 0.168. The molecule has 0 heterocycles. The maximum Gasteiger partial charge on any atom is 0.305 e. The molecule has 0 saturated heterocycles. The second-order valence-corrected chi connectivity index (χ2v) is 9.62. The summed E-state index contributed by atoms with van der Waals surface area (Å²) >= 11 is 0. The molecule has 0 saturated carbocycles. The highest BCUT2D eigenvalue weighted by Crippen LogP contribution is 2.28. The molecule has 0 N–H and O–H groups in total. The fraction of sp³-hybridized carbons (Fsp3) is 0.652. The van der Waals surface area contributed by atoms with Crippen LogP contribution in [0, 0.1) is 11.8 Å². The Kier molecular flexibility index (Phi) is 12.7. The van der Waals surface area contributed by atoms with Crippen LogP contribution in [0.5, 0.6) is 0 Å². The van der Waals surface area contributed by atoms with E-state index in [0.717, 1.165) is 25.7 Å². The van der Waals surface area contributed by atoms with Gasteiger partial charge in [0.1, 0.15) is 0 Å². The van der Waals surface area contributed by atoms with Gasteiger partial charge in [-0.3, -0.25) is 9.59 Å². The van der Waals surface area contributed by atoms with Gasteiger partial charge in [0, 0.05) is 18.3 Å². The third kappa shape index (κ3) is 10.2. The largest absolute Gasteiger partial charge is 0.469 e. The Morgan fingerprint density at radius 2 is 2.04 bits per heavy atom. The highest BCUT2D eigenvalue weighted by atomic mass is 28.3. The molecule has 3 atom stereocenters. The summed E-state index contributed by atoms with van der Waals surface area (Å²) < 4.78 is 10.8. The Labute approximate surface area is 172 Å². The molecule has 0 aromatic heterocycles. The van der Waals surface area contributed by atoms with Gasteiger partial charge in [-0.05, 0) is 44.9 Å². The number of hydrogen-bond acceptors (Lipinski definition) is 4. The molecule has 1 aliphatic rings. The van der Waals surface area contributed by atoms with Crippen molar-refractivity contribution in [1.29, 1.82) is 0 Å². The first kappa shape index (κ1) is 24.6. The standard InChI is InChI=1S/C23H37O4Si/c1-5-6-9-12-20(27-28(3)4)17-15-19-16-18-22(24)21(19)13-10-7-8-11-14-23(25)26-2/h7,10,15-21H,5-6,8-9,11-14H2,1-4H3/b10-7+,17-15+/t19-,20?,21+/m0/s1. The van der Waals surface area contributed by atoms with E-state index in [1.54, 1.807) is 6.08 Å². The fourth-order valence-electron chi connectivity index (χ4n) is 3.30. The molecule has 0 spiro atoms. The molecule has 0 amide bonds. The van der Waals surface area contributed by atoms with E-state index in [4.69, 9.17) is 4.43 Å². The van der Waals surface area contributed by atoms with Crippen molar-refractivity contribution < 1.29 is 18.8 Å². The lowest BCUT2D eigenvalue weighted by Gasteiger charge is -2.18. The van der Waals surface area contributed by atoms with Crippen molar-refractivity contribution in [3.8, 4) is 0 Å². The van der Waals surface area contributed by atoms with Crippen molar-refractivity contribution in [2.24, 2.45) is 11.8 Å². The van der Waals surface area contributed by atoms with E-state index in [2.05, 4.69) is 49.1 Å². The first-order chi connectivity index (χ1) is 13.5. The predicted molar refractivity (Wildman–Crippen MR) is 116 cm³/mol. The van der Waals surface area contributed by atoms with Gasteiger partial charge in [-0.2, -0.15) is 0 Å². The van der Waals surface area contributed by atoms with Gasteiger partial charge in [-0.1, -0.05) is 56.6 Å². The topological polar surface area (TPSA) is 52.6 Å². The van der Waals surface area contributed by atoms with E-state index in [9.17, 15) is 9.59 Å². The van der Waals surface area contributed by atoms with Gasteiger partial charge in [0.05, 0.1) is 13.2 Å². The Morgan fingerprint density at radius 1 is 1.25 bits per heavy atom. The van der Waals surface area contributed by atoms with Crippen molar-refractivity contribution in [1.82, 2.24) is 0 Å². The van der Waals surface area contributed by atoms with Crippen molar-refractivity contribution in [2.45, 2.75) is 77.5 Å². The third-order valence-corrected chi connectivity index (χ3v) is 5.65. The number of esters is 1. The molecule has 0 aromatic carbocycles. The normalized spacial score (nSPS) is 20.7. The lowest BCUT2D eigenvalue weighted by Crippen LogP contribution is -2.20. The Hall–Kier alpha value is -1.46. The monoisotopic (exact) mass is 405 g/mol. The molecule has 0 bridgehead atoms. The summed E-state index contributed by atoms with van der Waals surface area (Å²) in [5.74, 6) is 0.160. The number of rotatable bonds is 14. The minimum Gasteiger partial charge on any atom is -0.469 e. The molecule has 5 heteroatoms. The average molecular weight is 406 g/mol. The van der Waals surface area contributed by atoms with E-state index in [1.807, 2.05) is 6.08 Å². The Bertz CT molecular complexity index is 551. The summed E-state index contributed by atoms with van der Waals surface area (Å²) in [7, 11) is 0.660. The van der Waals surface area contributed by atoms with Crippen molar-refractivity contribution in [2.75, 3.05) is 7.11 Å². The first-order valence-corrected chi connectivity index (χ1v) is 13.0. The van der Waals surface area contributed by atoms with Gasteiger partial charge in [0.15, 0.2) is 5.78 Å². The summed E-state index contributed by atoms with van der Waals surface area (Å²) in [4.78, 5) is 23.3. The van der Waals surface area contributed by atoms with E-state index in [0.29, 0.717) is 6.42 Å². The second-order valence-electron chi connectivity index (χ2n) is 7.57. The van der Waals surface area contributed by atoms with Crippen molar-refractivity contribution >= 4 is 20.8 Å². The molecular weight excluding hydrogens is 368 g/mol. The van der Waals surface area contributed by atoms with Gasteiger partial charge in [-0.25, -0.2) is 0 Å². The van der Waals surface area contributed by atoms with Gasteiger partial charge in [0.2, 0.25) is 9.04 Å². The minimum atomic E-state index is -0.750. The summed E-state index contributed by atoms with van der Waals surface area (Å²) in [5.41, 5.74) is 0.